The number of ether oxygens (including phenoxy) is 1. The van der Waals surface area contributed by atoms with Gasteiger partial charge in [-0.25, -0.2) is 0 Å². The molecule has 1 amide bonds. The van der Waals surface area contributed by atoms with Gasteiger partial charge in [0.2, 0.25) is 5.91 Å². The number of rotatable bonds is 3. The highest BCUT2D eigenvalue weighted by Gasteiger charge is 2.24. The van der Waals surface area contributed by atoms with Crippen LogP contribution in [0.5, 0.6) is 0 Å². The van der Waals surface area contributed by atoms with Crippen LogP contribution in [-0.4, -0.2) is 47.2 Å². The van der Waals surface area contributed by atoms with Gasteiger partial charge in [0.25, 0.3) is 0 Å². The molecule has 1 aliphatic heterocycles. The fourth-order valence-electron chi connectivity index (χ4n) is 3.17. The lowest BCUT2D eigenvalue weighted by Crippen LogP contribution is -2.40. The van der Waals surface area contributed by atoms with Gasteiger partial charge in [-0.05, 0) is 31.4 Å². The summed E-state index contributed by atoms with van der Waals surface area (Å²) in [6.07, 6.45) is 9.21. The number of aryl methyl sites for hydroxylation is 1. The molecule has 5 heteroatoms. The Hall–Kier alpha value is -1.88. The van der Waals surface area contributed by atoms with Gasteiger partial charge in [0.1, 0.15) is 6.61 Å². The molecule has 2 aromatic rings. The van der Waals surface area contributed by atoms with Crippen molar-refractivity contribution in [3.63, 3.8) is 0 Å². The third-order valence-corrected chi connectivity index (χ3v) is 4.31. The fourth-order valence-corrected chi connectivity index (χ4v) is 3.17. The van der Waals surface area contributed by atoms with Crippen LogP contribution in [0.15, 0.2) is 24.7 Å². The summed E-state index contributed by atoms with van der Waals surface area (Å²) in [5.41, 5.74) is 2.50. The van der Waals surface area contributed by atoms with Crippen molar-refractivity contribution in [3.05, 3.63) is 30.2 Å². The summed E-state index contributed by atoms with van der Waals surface area (Å²) in [6.45, 7) is 8.16. The van der Waals surface area contributed by atoms with E-state index in [0.29, 0.717) is 6.04 Å². The third-order valence-electron chi connectivity index (χ3n) is 4.31. The van der Waals surface area contributed by atoms with Crippen LogP contribution in [0.3, 0.4) is 0 Å². The molecule has 1 aliphatic rings. The van der Waals surface area contributed by atoms with Gasteiger partial charge in [-0.1, -0.05) is 20.3 Å². The summed E-state index contributed by atoms with van der Waals surface area (Å²) in [7, 11) is 1.56. The van der Waals surface area contributed by atoms with E-state index in [1.54, 1.807) is 7.11 Å². The molecule has 0 aliphatic carbocycles. The van der Waals surface area contributed by atoms with Gasteiger partial charge in [-0.15, -0.1) is 0 Å². The van der Waals surface area contributed by atoms with E-state index in [9.17, 15) is 4.79 Å². The largest absolute Gasteiger partial charge is 0.375 e. The van der Waals surface area contributed by atoms with Crippen LogP contribution in [0.1, 0.15) is 44.7 Å². The van der Waals surface area contributed by atoms with Gasteiger partial charge in [0, 0.05) is 50.2 Å². The Kier molecular flexibility index (Phi) is 6.79. The number of carbonyl (C=O) groups is 1. The summed E-state index contributed by atoms with van der Waals surface area (Å²) < 4.78 is 7.28. The number of pyridine rings is 1. The van der Waals surface area contributed by atoms with Crippen LogP contribution < -0.4 is 0 Å². The first-order valence-corrected chi connectivity index (χ1v) is 8.80. The number of piperidine rings is 1. The number of carbonyl (C=O) groups excluding carboxylic acids is 1. The number of fused-ring (bicyclic) bond motifs is 1. The van der Waals surface area contributed by atoms with E-state index in [1.807, 2.05) is 17.3 Å². The normalized spacial score (nSPS) is 15.2. The highest BCUT2D eigenvalue weighted by Crippen LogP contribution is 2.29. The first-order valence-electron chi connectivity index (χ1n) is 8.80. The Bertz CT molecular complexity index is 658. The summed E-state index contributed by atoms with van der Waals surface area (Å²) in [6, 6.07) is 2.53. The van der Waals surface area contributed by atoms with Crippen LogP contribution >= 0.6 is 0 Å². The molecular weight excluding hydrogens is 302 g/mol. The average Bonchev–Trinajstić information content (AvgIpc) is 2.93. The predicted octanol–water partition coefficient (Wildman–Crippen LogP) is 3.57. The Morgan fingerprint density at radius 2 is 2.00 bits per heavy atom. The van der Waals surface area contributed by atoms with E-state index in [2.05, 4.69) is 42.6 Å². The van der Waals surface area contributed by atoms with Gasteiger partial charge in [0.15, 0.2) is 0 Å². The second-order valence-corrected chi connectivity index (χ2v) is 6.36. The van der Waals surface area contributed by atoms with Crippen molar-refractivity contribution in [2.24, 2.45) is 0 Å². The molecule has 3 rings (SSSR count). The van der Waals surface area contributed by atoms with Crippen molar-refractivity contribution in [2.45, 2.75) is 46.1 Å². The monoisotopic (exact) mass is 331 g/mol. The molecule has 3 heterocycles. The molecule has 1 saturated heterocycles. The second kappa shape index (κ2) is 8.83. The number of likely N-dealkylation sites (tertiary alicyclic amines) is 1. The second-order valence-electron chi connectivity index (χ2n) is 6.36. The summed E-state index contributed by atoms with van der Waals surface area (Å²) >= 11 is 0. The average molecular weight is 331 g/mol. The standard InChI is InChI=1S/C16H21N3O2.C3H8/c1-12-10-19(15-3-6-17-9-14(12)15)13-4-7-18(8-5-13)16(20)11-21-2;1-3-2/h3,6,9-10,13H,4-5,7-8,11H2,1-2H3;3H2,1-2H3. The van der Waals surface area contributed by atoms with E-state index >= 15 is 0 Å². The molecule has 0 spiro atoms. The molecule has 0 unspecified atom stereocenters. The van der Waals surface area contributed by atoms with Gasteiger partial charge in [-0.2, -0.15) is 0 Å². The van der Waals surface area contributed by atoms with Crippen LogP contribution in [0.25, 0.3) is 10.9 Å². The van der Waals surface area contributed by atoms with E-state index in [4.69, 9.17) is 4.74 Å². The topological polar surface area (TPSA) is 47.4 Å². The minimum absolute atomic E-state index is 0.0914. The Labute approximate surface area is 144 Å². The van der Waals surface area contributed by atoms with Crippen molar-refractivity contribution in [3.8, 4) is 0 Å². The van der Waals surface area contributed by atoms with Crippen molar-refractivity contribution >= 4 is 16.8 Å². The maximum absolute atomic E-state index is 11.8. The first kappa shape index (κ1) is 18.5. The van der Waals surface area contributed by atoms with E-state index in [-0.39, 0.29) is 12.5 Å². The van der Waals surface area contributed by atoms with Gasteiger partial charge >= 0.3 is 0 Å². The van der Waals surface area contributed by atoms with Crippen LogP contribution in [0.2, 0.25) is 0 Å². The van der Waals surface area contributed by atoms with Crippen molar-refractivity contribution in [1.82, 2.24) is 14.5 Å². The SMILES string of the molecule is CCC.COCC(=O)N1CCC(n2cc(C)c3cnccc32)CC1. The molecule has 1 fully saturated rings. The Morgan fingerprint density at radius 3 is 2.62 bits per heavy atom. The molecule has 0 aromatic carbocycles. The third kappa shape index (κ3) is 4.15. The van der Waals surface area contributed by atoms with Crippen LogP contribution in [0.4, 0.5) is 0 Å². The molecule has 132 valence electrons. The zero-order valence-electron chi connectivity index (χ0n) is 15.3. The maximum Gasteiger partial charge on any atom is 0.248 e. The Morgan fingerprint density at radius 1 is 1.33 bits per heavy atom. The van der Waals surface area contributed by atoms with Crippen molar-refractivity contribution in [1.29, 1.82) is 0 Å². The number of aromatic nitrogens is 2. The lowest BCUT2D eigenvalue weighted by molar-refractivity contribution is -0.136. The highest BCUT2D eigenvalue weighted by atomic mass is 16.5. The smallest absolute Gasteiger partial charge is 0.248 e. The predicted molar refractivity (Wildman–Crippen MR) is 97.2 cm³/mol. The fraction of sp³-hybridized carbons (Fsp3) is 0.579. The lowest BCUT2D eigenvalue weighted by atomic mass is 10.0. The molecule has 0 saturated carbocycles. The highest BCUT2D eigenvalue weighted by molar-refractivity contribution is 5.82. The molecule has 0 radical (unpaired) electrons. The summed E-state index contributed by atoms with van der Waals surface area (Å²) in [5, 5.41) is 1.22. The van der Waals surface area contributed by atoms with E-state index in [1.165, 1.54) is 22.9 Å². The van der Waals surface area contributed by atoms with Crippen molar-refractivity contribution in [2.75, 3.05) is 26.8 Å². The molecule has 0 N–H and O–H groups in total. The van der Waals surface area contributed by atoms with E-state index < -0.39 is 0 Å². The molecule has 0 bridgehead atoms. The number of nitrogens with zero attached hydrogens (tertiary/aromatic N) is 3. The minimum atomic E-state index is 0.0914. The number of amides is 1. The molecule has 5 nitrogen and oxygen atoms in total. The van der Waals surface area contributed by atoms with Crippen molar-refractivity contribution < 1.29 is 9.53 Å². The lowest BCUT2D eigenvalue weighted by Gasteiger charge is -2.33. The van der Waals surface area contributed by atoms with Gasteiger partial charge in [-0.3, -0.25) is 9.78 Å². The number of methoxy groups -OCH3 is 1. The number of hydrogen-bond donors (Lipinski definition) is 0. The van der Waals surface area contributed by atoms with E-state index in [0.717, 1.165) is 25.9 Å². The van der Waals surface area contributed by atoms with Gasteiger partial charge < -0.3 is 14.2 Å². The maximum atomic E-state index is 11.8. The minimum Gasteiger partial charge on any atom is -0.375 e. The van der Waals surface area contributed by atoms with Gasteiger partial charge in [0.05, 0.1) is 5.52 Å². The molecular formula is C19H29N3O2. The molecule has 0 atom stereocenters. The zero-order chi connectivity index (χ0) is 17.5. The Balaban J connectivity index is 0.000000647. The summed E-state index contributed by atoms with van der Waals surface area (Å²) in [4.78, 5) is 18.0. The zero-order valence-corrected chi connectivity index (χ0v) is 15.3. The molecule has 24 heavy (non-hydrogen) atoms. The first-order chi connectivity index (χ1) is 11.6. The number of hydrogen-bond acceptors (Lipinski definition) is 3. The van der Waals surface area contributed by atoms with Crippen LogP contribution in [0, 0.1) is 6.92 Å². The van der Waals surface area contributed by atoms with Crippen LogP contribution in [-0.2, 0) is 9.53 Å². The summed E-state index contributed by atoms with van der Waals surface area (Å²) in [5.74, 6) is 0.0914. The molecule has 2 aromatic heterocycles. The quantitative estimate of drug-likeness (QED) is 0.864.